The van der Waals surface area contributed by atoms with Crippen molar-refractivity contribution in [2.45, 2.75) is 25.4 Å². The van der Waals surface area contributed by atoms with Crippen molar-refractivity contribution in [2.75, 3.05) is 18.0 Å². The van der Waals surface area contributed by atoms with Gasteiger partial charge in [-0.25, -0.2) is 0 Å². The second kappa shape index (κ2) is 7.61. The molecule has 0 aromatic carbocycles. The molecule has 1 aliphatic heterocycles. The van der Waals surface area contributed by atoms with Gasteiger partial charge < -0.3 is 10.2 Å². The number of aryl methyl sites for hydroxylation is 1. The topological polar surface area (TPSA) is 71.8 Å². The predicted octanol–water partition coefficient (Wildman–Crippen LogP) is 2.03. The van der Waals surface area contributed by atoms with Crippen molar-refractivity contribution < 1.29 is 0 Å². The number of nitrogens with one attached hydrogen (secondary N) is 1. The van der Waals surface area contributed by atoms with E-state index in [-0.39, 0.29) is 0 Å². The minimum atomic E-state index is 0.449. The SMILES string of the molecule is Cn1cc(CNC[C@@H]2CCCN2c2cccnn2)c(-c2cccnc2)n1. The number of pyridine rings is 1. The maximum Gasteiger partial charge on any atom is 0.151 e. The number of aromatic nitrogens is 5. The van der Waals surface area contributed by atoms with E-state index in [1.165, 1.54) is 18.4 Å². The van der Waals surface area contributed by atoms with E-state index in [0.29, 0.717) is 6.04 Å². The summed E-state index contributed by atoms with van der Waals surface area (Å²) in [6.07, 6.45) is 9.80. The van der Waals surface area contributed by atoms with Crippen LogP contribution in [0.1, 0.15) is 18.4 Å². The van der Waals surface area contributed by atoms with Crippen molar-refractivity contribution in [3.63, 3.8) is 0 Å². The number of hydrogen-bond donors (Lipinski definition) is 1. The first kappa shape index (κ1) is 16.7. The third-order valence-electron chi connectivity index (χ3n) is 4.76. The predicted molar refractivity (Wildman–Crippen MR) is 101 cm³/mol. The van der Waals surface area contributed by atoms with Gasteiger partial charge in [-0.15, -0.1) is 5.10 Å². The summed E-state index contributed by atoms with van der Waals surface area (Å²) in [7, 11) is 1.95. The second-order valence-corrected chi connectivity index (χ2v) is 6.62. The Hall–Kier alpha value is -2.80. The Morgan fingerprint density at radius 1 is 1.23 bits per heavy atom. The van der Waals surface area contributed by atoms with E-state index in [0.717, 1.165) is 36.7 Å². The zero-order valence-corrected chi connectivity index (χ0v) is 14.9. The van der Waals surface area contributed by atoms with Crippen molar-refractivity contribution in [1.82, 2.24) is 30.3 Å². The molecule has 1 atom stereocenters. The smallest absolute Gasteiger partial charge is 0.151 e. The molecule has 0 radical (unpaired) electrons. The third kappa shape index (κ3) is 3.57. The zero-order valence-electron chi connectivity index (χ0n) is 14.9. The molecule has 134 valence electrons. The van der Waals surface area contributed by atoms with Gasteiger partial charge >= 0.3 is 0 Å². The fraction of sp³-hybridized carbons (Fsp3) is 0.368. The van der Waals surface area contributed by atoms with Gasteiger partial charge in [0.05, 0.1) is 5.69 Å². The van der Waals surface area contributed by atoms with Crippen LogP contribution < -0.4 is 10.2 Å². The lowest BCUT2D eigenvalue weighted by Crippen LogP contribution is -2.38. The first-order valence-electron chi connectivity index (χ1n) is 8.99. The summed E-state index contributed by atoms with van der Waals surface area (Å²) >= 11 is 0. The van der Waals surface area contributed by atoms with Crippen LogP contribution in [0.3, 0.4) is 0 Å². The van der Waals surface area contributed by atoms with Crippen molar-refractivity contribution >= 4 is 5.82 Å². The molecule has 7 nitrogen and oxygen atoms in total. The van der Waals surface area contributed by atoms with Crippen molar-refractivity contribution in [3.05, 3.63) is 54.6 Å². The minimum absolute atomic E-state index is 0.449. The molecule has 7 heteroatoms. The summed E-state index contributed by atoms with van der Waals surface area (Å²) in [4.78, 5) is 6.56. The first-order chi connectivity index (χ1) is 12.8. The Morgan fingerprint density at radius 3 is 2.96 bits per heavy atom. The van der Waals surface area contributed by atoms with Gasteiger partial charge in [-0.3, -0.25) is 9.67 Å². The molecule has 0 spiro atoms. The van der Waals surface area contributed by atoms with Crippen LogP contribution in [-0.4, -0.2) is 44.1 Å². The van der Waals surface area contributed by atoms with E-state index in [1.54, 1.807) is 12.4 Å². The number of nitrogens with zero attached hydrogens (tertiary/aromatic N) is 6. The molecule has 0 amide bonds. The van der Waals surface area contributed by atoms with Crippen LogP contribution in [0.2, 0.25) is 0 Å². The monoisotopic (exact) mass is 349 g/mol. The normalized spacial score (nSPS) is 17.0. The highest BCUT2D eigenvalue weighted by Crippen LogP contribution is 2.23. The maximum atomic E-state index is 4.60. The molecular weight excluding hydrogens is 326 g/mol. The average molecular weight is 349 g/mol. The van der Waals surface area contributed by atoms with Gasteiger partial charge in [0.15, 0.2) is 5.82 Å². The van der Waals surface area contributed by atoms with Gasteiger partial charge in [-0.1, -0.05) is 0 Å². The lowest BCUT2D eigenvalue weighted by atomic mass is 10.1. The Bertz CT molecular complexity index is 832. The van der Waals surface area contributed by atoms with Gasteiger partial charge in [-0.05, 0) is 37.1 Å². The molecule has 1 N–H and O–H groups in total. The van der Waals surface area contributed by atoms with E-state index in [9.17, 15) is 0 Å². The van der Waals surface area contributed by atoms with Gasteiger partial charge in [0.1, 0.15) is 0 Å². The van der Waals surface area contributed by atoms with Crippen molar-refractivity contribution in [1.29, 1.82) is 0 Å². The quantitative estimate of drug-likeness (QED) is 0.734. The van der Waals surface area contributed by atoms with Crippen LogP contribution in [0.5, 0.6) is 0 Å². The van der Waals surface area contributed by atoms with Gasteiger partial charge in [-0.2, -0.15) is 10.2 Å². The number of anilines is 1. The number of hydrogen-bond acceptors (Lipinski definition) is 6. The molecule has 4 heterocycles. The third-order valence-corrected chi connectivity index (χ3v) is 4.76. The molecule has 3 aromatic rings. The van der Waals surface area contributed by atoms with E-state index < -0.39 is 0 Å². The van der Waals surface area contributed by atoms with Crippen LogP contribution in [-0.2, 0) is 13.6 Å². The summed E-state index contributed by atoms with van der Waals surface area (Å²) in [6, 6.07) is 8.42. The molecule has 3 aromatic heterocycles. The molecule has 0 unspecified atom stereocenters. The van der Waals surface area contributed by atoms with E-state index in [1.807, 2.05) is 42.2 Å². The Morgan fingerprint density at radius 2 is 2.15 bits per heavy atom. The molecule has 4 rings (SSSR count). The van der Waals surface area contributed by atoms with E-state index in [2.05, 4.69) is 36.7 Å². The molecule has 1 fully saturated rings. The Labute approximate surface area is 153 Å². The molecule has 0 bridgehead atoms. The summed E-state index contributed by atoms with van der Waals surface area (Å²) in [5.74, 6) is 0.967. The maximum absolute atomic E-state index is 4.60. The molecule has 1 saturated heterocycles. The van der Waals surface area contributed by atoms with Gasteiger partial charge in [0.2, 0.25) is 0 Å². The summed E-state index contributed by atoms with van der Waals surface area (Å²) < 4.78 is 1.86. The fourth-order valence-electron chi connectivity index (χ4n) is 3.58. The number of rotatable bonds is 6. The molecule has 0 saturated carbocycles. The lowest BCUT2D eigenvalue weighted by Gasteiger charge is -2.25. The summed E-state index contributed by atoms with van der Waals surface area (Å²) in [5, 5.41) is 16.5. The fourth-order valence-corrected chi connectivity index (χ4v) is 3.58. The summed E-state index contributed by atoms with van der Waals surface area (Å²) in [5.41, 5.74) is 3.22. The van der Waals surface area contributed by atoms with Crippen LogP contribution in [0.15, 0.2) is 49.1 Å². The highest BCUT2D eigenvalue weighted by Gasteiger charge is 2.25. The molecule has 1 aliphatic rings. The Balaban J connectivity index is 1.41. The van der Waals surface area contributed by atoms with Crippen molar-refractivity contribution in [2.24, 2.45) is 7.05 Å². The minimum Gasteiger partial charge on any atom is -0.351 e. The molecule has 0 aliphatic carbocycles. The van der Waals surface area contributed by atoms with Crippen molar-refractivity contribution in [3.8, 4) is 11.3 Å². The summed E-state index contributed by atoms with van der Waals surface area (Å²) in [6.45, 7) is 2.74. The van der Waals surface area contributed by atoms with Crippen LogP contribution in [0, 0.1) is 0 Å². The van der Waals surface area contributed by atoms with E-state index in [4.69, 9.17) is 0 Å². The average Bonchev–Trinajstić information content (AvgIpc) is 3.30. The first-order valence-corrected chi connectivity index (χ1v) is 8.99. The zero-order chi connectivity index (χ0) is 17.8. The highest BCUT2D eigenvalue weighted by atomic mass is 15.3. The van der Waals surface area contributed by atoms with Crippen LogP contribution in [0.4, 0.5) is 5.82 Å². The van der Waals surface area contributed by atoms with Crippen LogP contribution in [0.25, 0.3) is 11.3 Å². The second-order valence-electron chi connectivity index (χ2n) is 6.62. The standard InChI is InChI=1S/C19H23N7/c1-25-14-16(19(24-25)15-5-2-8-20-11-15)12-21-13-17-6-4-10-26(17)18-7-3-9-22-23-18/h2-3,5,7-9,11,14,17,21H,4,6,10,12-13H2,1H3/t17-/m0/s1. The van der Waals surface area contributed by atoms with Gasteiger partial charge in [0, 0.05) is 68.6 Å². The molecule has 26 heavy (non-hydrogen) atoms. The molecular formula is C19H23N7. The lowest BCUT2D eigenvalue weighted by molar-refractivity contribution is 0.569. The van der Waals surface area contributed by atoms with E-state index >= 15 is 0 Å². The van der Waals surface area contributed by atoms with Gasteiger partial charge in [0.25, 0.3) is 0 Å². The van der Waals surface area contributed by atoms with Crippen LogP contribution >= 0.6 is 0 Å². The Kier molecular flexibility index (Phi) is 4.88. The largest absolute Gasteiger partial charge is 0.351 e. The highest BCUT2D eigenvalue weighted by molar-refractivity contribution is 5.61.